The molecule has 1 nitrogen and oxygen atoms in total. The zero-order valence-electron chi connectivity index (χ0n) is 17.4. The largest absolute Gasteiger partial charge is 0.356 e. The Morgan fingerprint density at radius 2 is 1.55 bits per heavy atom. The van der Waals surface area contributed by atoms with Crippen LogP contribution in [0.1, 0.15) is 43.9 Å². The quantitative estimate of drug-likeness (QED) is 0.493. The first-order chi connectivity index (χ1) is 14.0. The van der Waals surface area contributed by atoms with E-state index in [2.05, 4.69) is 111 Å². The van der Waals surface area contributed by atoms with Gasteiger partial charge in [-0.15, -0.1) is 0 Å². The summed E-state index contributed by atoms with van der Waals surface area (Å²) in [5, 5.41) is 3.61. The number of hydrogen-bond donors (Lipinski definition) is 1. The molecular weight excluding hydrogens is 350 g/mol. The van der Waals surface area contributed by atoms with Crippen LogP contribution in [0.5, 0.6) is 0 Å². The van der Waals surface area contributed by atoms with Gasteiger partial charge in [0.1, 0.15) is 0 Å². The van der Waals surface area contributed by atoms with Gasteiger partial charge in [-0.1, -0.05) is 81.5 Å². The van der Waals surface area contributed by atoms with E-state index in [-0.39, 0.29) is 5.41 Å². The van der Waals surface area contributed by atoms with Crippen molar-refractivity contribution in [3.63, 3.8) is 0 Å². The van der Waals surface area contributed by atoms with E-state index in [0.717, 1.165) is 17.8 Å². The molecule has 0 spiro atoms. The number of allylic oxidation sites excluding steroid dienone is 4. The number of fused-ring (bicyclic) bond motifs is 3. The molecule has 1 atom stereocenters. The molecule has 0 saturated carbocycles. The normalized spacial score (nSPS) is 18.7. The maximum atomic E-state index is 3.61. The van der Waals surface area contributed by atoms with Crippen LogP contribution in [0.25, 0.3) is 16.7 Å². The molecule has 144 valence electrons. The molecule has 1 unspecified atom stereocenters. The first-order valence-electron chi connectivity index (χ1n) is 10.5. The van der Waals surface area contributed by atoms with Crippen LogP contribution in [0, 0.1) is 5.92 Å². The minimum Gasteiger partial charge on any atom is -0.356 e. The van der Waals surface area contributed by atoms with Crippen molar-refractivity contribution in [3.8, 4) is 11.1 Å². The van der Waals surface area contributed by atoms with Crippen molar-refractivity contribution < 1.29 is 0 Å². The first kappa shape index (κ1) is 18.0. The van der Waals surface area contributed by atoms with Crippen molar-refractivity contribution in [1.82, 2.24) is 0 Å². The summed E-state index contributed by atoms with van der Waals surface area (Å²) in [5.41, 5.74) is 10.6. The third-order valence-corrected chi connectivity index (χ3v) is 6.52. The highest BCUT2D eigenvalue weighted by atomic mass is 14.9. The third kappa shape index (κ3) is 3.02. The number of nitrogens with one attached hydrogen (secondary N) is 1. The lowest BCUT2D eigenvalue weighted by Crippen LogP contribution is -2.15. The van der Waals surface area contributed by atoms with E-state index in [9.17, 15) is 0 Å². The molecule has 3 aromatic rings. The Hall–Kier alpha value is -3.06. The van der Waals surface area contributed by atoms with E-state index < -0.39 is 0 Å². The van der Waals surface area contributed by atoms with Gasteiger partial charge in [-0.05, 0) is 70.0 Å². The van der Waals surface area contributed by atoms with Crippen molar-refractivity contribution in [2.45, 2.75) is 32.6 Å². The highest BCUT2D eigenvalue weighted by Crippen LogP contribution is 2.49. The fraction of sp³-hybridized carbons (Fsp3) is 0.214. The molecule has 3 aromatic carbocycles. The molecule has 1 N–H and O–H groups in total. The van der Waals surface area contributed by atoms with Crippen molar-refractivity contribution >= 4 is 16.9 Å². The van der Waals surface area contributed by atoms with Crippen LogP contribution in [-0.2, 0) is 5.41 Å². The Balaban J connectivity index is 1.42. The molecule has 2 aliphatic carbocycles. The van der Waals surface area contributed by atoms with Crippen LogP contribution in [0.4, 0.5) is 11.4 Å². The second-order valence-corrected chi connectivity index (χ2v) is 8.82. The van der Waals surface area contributed by atoms with Crippen LogP contribution in [0.2, 0.25) is 0 Å². The molecule has 0 heterocycles. The predicted octanol–water partition coefficient (Wildman–Crippen LogP) is 7.72. The van der Waals surface area contributed by atoms with E-state index in [1.165, 1.54) is 33.4 Å². The lowest BCUT2D eigenvalue weighted by atomic mass is 9.82. The maximum Gasteiger partial charge on any atom is 0.0387 e. The van der Waals surface area contributed by atoms with Gasteiger partial charge in [-0.25, -0.2) is 0 Å². The summed E-state index contributed by atoms with van der Waals surface area (Å²) in [6.45, 7) is 6.94. The molecule has 0 fully saturated rings. The van der Waals surface area contributed by atoms with Gasteiger partial charge < -0.3 is 5.32 Å². The first-order valence-corrected chi connectivity index (χ1v) is 10.5. The minimum absolute atomic E-state index is 0.0323. The van der Waals surface area contributed by atoms with E-state index >= 15 is 0 Å². The van der Waals surface area contributed by atoms with Gasteiger partial charge in [0.25, 0.3) is 0 Å². The number of anilines is 2. The third-order valence-electron chi connectivity index (χ3n) is 6.52. The van der Waals surface area contributed by atoms with E-state index in [1.54, 1.807) is 0 Å². The van der Waals surface area contributed by atoms with Gasteiger partial charge in [-0.2, -0.15) is 0 Å². The van der Waals surface area contributed by atoms with Crippen molar-refractivity contribution in [1.29, 1.82) is 0 Å². The lowest BCUT2D eigenvalue weighted by molar-refractivity contribution is 0.660. The van der Waals surface area contributed by atoms with Gasteiger partial charge >= 0.3 is 0 Å². The van der Waals surface area contributed by atoms with Crippen molar-refractivity contribution in [2.75, 3.05) is 5.32 Å². The molecule has 1 heteroatoms. The molecule has 0 aromatic heterocycles. The van der Waals surface area contributed by atoms with E-state index in [1.807, 2.05) is 0 Å². The minimum atomic E-state index is 0.0323. The molecule has 0 bridgehead atoms. The summed E-state index contributed by atoms with van der Waals surface area (Å²) in [4.78, 5) is 0. The molecule has 0 aliphatic heterocycles. The molecular formula is C28H27N. The van der Waals surface area contributed by atoms with Crippen LogP contribution in [-0.4, -0.2) is 0 Å². The Labute approximate surface area is 173 Å². The van der Waals surface area contributed by atoms with Crippen LogP contribution >= 0.6 is 0 Å². The van der Waals surface area contributed by atoms with Gasteiger partial charge in [-0.3, -0.25) is 0 Å². The highest BCUT2D eigenvalue weighted by Gasteiger charge is 2.35. The SMILES string of the molecule is CC1CC=CC=C1c1ccc(Nc2ccc3c(c2)C(C)(C)c2ccccc2-3)cc1. The Morgan fingerprint density at radius 1 is 0.828 bits per heavy atom. The fourth-order valence-corrected chi connectivity index (χ4v) is 4.82. The number of benzene rings is 3. The smallest absolute Gasteiger partial charge is 0.0387 e. The summed E-state index contributed by atoms with van der Waals surface area (Å²) in [7, 11) is 0. The second-order valence-electron chi connectivity index (χ2n) is 8.82. The zero-order chi connectivity index (χ0) is 20.0. The molecule has 0 saturated heterocycles. The second kappa shape index (κ2) is 6.77. The molecule has 2 aliphatic rings. The van der Waals surface area contributed by atoms with Crippen molar-refractivity contribution in [3.05, 3.63) is 102 Å². The topological polar surface area (TPSA) is 12.0 Å². The average Bonchev–Trinajstić information content (AvgIpc) is 2.97. The van der Waals surface area contributed by atoms with Gasteiger partial charge in [0, 0.05) is 16.8 Å². The summed E-state index contributed by atoms with van der Waals surface area (Å²) < 4.78 is 0. The molecule has 29 heavy (non-hydrogen) atoms. The predicted molar refractivity (Wildman–Crippen MR) is 125 cm³/mol. The average molecular weight is 378 g/mol. The monoisotopic (exact) mass is 377 g/mol. The van der Waals surface area contributed by atoms with Gasteiger partial charge in [0.15, 0.2) is 0 Å². The number of rotatable bonds is 3. The van der Waals surface area contributed by atoms with Crippen molar-refractivity contribution in [2.24, 2.45) is 5.92 Å². The van der Waals surface area contributed by atoms with Gasteiger partial charge in [0.2, 0.25) is 0 Å². The molecule has 0 amide bonds. The van der Waals surface area contributed by atoms with Crippen LogP contribution in [0.15, 0.2) is 85.0 Å². The summed E-state index contributed by atoms with van der Waals surface area (Å²) in [6, 6.07) is 24.4. The lowest BCUT2D eigenvalue weighted by Gasteiger charge is -2.22. The highest BCUT2D eigenvalue weighted by molar-refractivity contribution is 5.83. The Bertz CT molecular complexity index is 1130. The Kier molecular flexibility index (Phi) is 4.20. The van der Waals surface area contributed by atoms with Crippen LogP contribution in [0.3, 0.4) is 0 Å². The maximum absolute atomic E-state index is 3.61. The summed E-state index contributed by atoms with van der Waals surface area (Å²) >= 11 is 0. The van der Waals surface area contributed by atoms with Crippen LogP contribution < -0.4 is 5.32 Å². The van der Waals surface area contributed by atoms with E-state index in [0.29, 0.717) is 5.92 Å². The molecule has 0 radical (unpaired) electrons. The standard InChI is InChI=1S/C28H27N/c1-19-8-4-5-9-23(19)20-12-14-21(15-13-20)29-22-16-17-25-24-10-6-7-11-26(24)28(2,3)27(25)18-22/h4-7,9-19,29H,8H2,1-3H3. The fourth-order valence-electron chi connectivity index (χ4n) is 4.82. The molecule has 5 rings (SSSR count). The van der Waals surface area contributed by atoms with Gasteiger partial charge in [0.05, 0.1) is 0 Å². The summed E-state index contributed by atoms with van der Waals surface area (Å²) in [6.07, 6.45) is 7.79. The van der Waals surface area contributed by atoms with E-state index in [4.69, 9.17) is 0 Å². The number of hydrogen-bond acceptors (Lipinski definition) is 1. The summed E-state index contributed by atoms with van der Waals surface area (Å²) in [5.74, 6) is 0.583. The Morgan fingerprint density at radius 3 is 2.34 bits per heavy atom. The zero-order valence-corrected chi connectivity index (χ0v) is 17.4.